The van der Waals surface area contributed by atoms with Crippen molar-refractivity contribution in [1.29, 1.82) is 0 Å². The number of carboxylic acid groups (broad SMARTS) is 1. The van der Waals surface area contributed by atoms with E-state index in [1.165, 1.54) is 5.56 Å². The third kappa shape index (κ3) is 5.09. The molecule has 2 unspecified atom stereocenters. The van der Waals surface area contributed by atoms with Crippen LogP contribution in [-0.2, 0) is 16.9 Å². The lowest BCUT2D eigenvalue weighted by Gasteiger charge is -2.31. The van der Waals surface area contributed by atoms with Gasteiger partial charge in [0.15, 0.2) is 0 Å². The van der Waals surface area contributed by atoms with Gasteiger partial charge in [0.2, 0.25) is 0 Å². The molecule has 1 aliphatic rings. The molecule has 6 heteroatoms. The number of carboxylic acids is 1. The minimum absolute atomic E-state index is 0.109. The highest BCUT2D eigenvalue weighted by Gasteiger charge is 2.42. The molecular formula is C27H28ClNO4. The van der Waals surface area contributed by atoms with Crippen molar-refractivity contribution in [2.24, 2.45) is 0 Å². The van der Waals surface area contributed by atoms with E-state index in [1.807, 2.05) is 48.5 Å². The highest BCUT2D eigenvalue weighted by atomic mass is 35.5. The van der Waals surface area contributed by atoms with Crippen molar-refractivity contribution in [3.05, 3.63) is 88.4 Å². The number of fused-ring (bicyclic) bond motifs is 1. The second-order valence-corrected chi connectivity index (χ2v) is 8.99. The topological polar surface area (TPSA) is 67.8 Å². The van der Waals surface area contributed by atoms with Crippen molar-refractivity contribution in [1.82, 2.24) is 0 Å². The van der Waals surface area contributed by atoms with Gasteiger partial charge in [0.25, 0.3) is 0 Å². The average Bonchev–Trinajstić information content (AvgIpc) is 3.08. The fourth-order valence-electron chi connectivity index (χ4n) is 4.28. The summed E-state index contributed by atoms with van der Waals surface area (Å²) in [4.78, 5) is 10.6. The second kappa shape index (κ2) is 9.75. The molecule has 0 aromatic heterocycles. The number of rotatable bonds is 9. The molecule has 0 saturated heterocycles. The summed E-state index contributed by atoms with van der Waals surface area (Å²) >= 11 is 5.99. The maximum absolute atomic E-state index is 10.6. The molecule has 1 aliphatic heterocycles. The summed E-state index contributed by atoms with van der Waals surface area (Å²) in [5, 5.41) is 13.2. The molecule has 33 heavy (non-hydrogen) atoms. The molecule has 1 heterocycles. The van der Waals surface area contributed by atoms with Crippen molar-refractivity contribution in [3.8, 4) is 11.5 Å². The summed E-state index contributed by atoms with van der Waals surface area (Å²) in [6, 6.07) is 21.8. The van der Waals surface area contributed by atoms with E-state index < -0.39 is 5.97 Å². The van der Waals surface area contributed by atoms with Crippen LogP contribution in [0, 0.1) is 0 Å². The lowest BCUT2D eigenvalue weighted by Crippen LogP contribution is -2.31. The van der Waals surface area contributed by atoms with Crippen LogP contribution in [0.25, 0.3) is 0 Å². The Morgan fingerprint density at radius 2 is 1.79 bits per heavy atom. The molecule has 0 radical (unpaired) electrons. The van der Waals surface area contributed by atoms with Gasteiger partial charge in [-0.2, -0.15) is 0 Å². The minimum atomic E-state index is -0.806. The smallest absolute Gasteiger partial charge is 0.303 e. The van der Waals surface area contributed by atoms with E-state index in [9.17, 15) is 4.79 Å². The fourth-order valence-corrected chi connectivity index (χ4v) is 4.40. The van der Waals surface area contributed by atoms with E-state index in [0.717, 1.165) is 28.3 Å². The molecule has 2 atom stereocenters. The van der Waals surface area contributed by atoms with Gasteiger partial charge in [0.05, 0.1) is 12.1 Å². The summed E-state index contributed by atoms with van der Waals surface area (Å²) < 4.78 is 11.9. The fraction of sp³-hybridized carbons (Fsp3) is 0.296. The van der Waals surface area contributed by atoms with Crippen LogP contribution in [-0.4, -0.2) is 17.7 Å². The molecular weight excluding hydrogens is 438 g/mol. The van der Waals surface area contributed by atoms with Crippen molar-refractivity contribution in [2.75, 3.05) is 11.9 Å². The predicted octanol–water partition coefficient (Wildman–Crippen LogP) is 6.61. The van der Waals surface area contributed by atoms with Crippen molar-refractivity contribution < 1.29 is 19.4 Å². The lowest BCUT2D eigenvalue weighted by molar-refractivity contribution is -0.137. The van der Waals surface area contributed by atoms with Gasteiger partial charge in [0.1, 0.15) is 18.1 Å². The first kappa shape index (κ1) is 23.0. The standard InChI is InChI=1S/C27H28ClNO4/c1-18-26-23(5-3-6-24(26)33-17-19-8-12-21(28)13-9-19)29-27(18,2)20-10-14-22(15-11-20)32-16-4-7-25(30)31/h3,5-6,8-15,18,29H,4,7,16-17H2,1-2H3,(H,30,31). The van der Waals surface area contributed by atoms with E-state index in [1.54, 1.807) is 0 Å². The van der Waals surface area contributed by atoms with Crippen LogP contribution in [0.1, 0.15) is 49.3 Å². The molecule has 172 valence electrons. The Bertz CT molecular complexity index is 1110. The van der Waals surface area contributed by atoms with E-state index in [0.29, 0.717) is 24.7 Å². The highest BCUT2D eigenvalue weighted by Crippen LogP contribution is 2.51. The number of anilines is 1. The number of benzene rings is 3. The molecule has 0 spiro atoms. The van der Waals surface area contributed by atoms with Gasteiger partial charge < -0.3 is 19.9 Å². The van der Waals surface area contributed by atoms with E-state index >= 15 is 0 Å². The maximum atomic E-state index is 10.6. The van der Waals surface area contributed by atoms with Crippen LogP contribution in [0.5, 0.6) is 11.5 Å². The van der Waals surface area contributed by atoms with Gasteiger partial charge in [-0.15, -0.1) is 0 Å². The first-order valence-electron chi connectivity index (χ1n) is 11.1. The molecule has 0 aliphatic carbocycles. The molecule has 5 nitrogen and oxygen atoms in total. The quantitative estimate of drug-likeness (QED) is 0.348. The Morgan fingerprint density at radius 1 is 1.06 bits per heavy atom. The first-order valence-corrected chi connectivity index (χ1v) is 11.5. The van der Waals surface area contributed by atoms with Crippen LogP contribution in [0.4, 0.5) is 5.69 Å². The largest absolute Gasteiger partial charge is 0.494 e. The van der Waals surface area contributed by atoms with Crippen LogP contribution >= 0.6 is 11.6 Å². The molecule has 3 aromatic rings. The van der Waals surface area contributed by atoms with Crippen molar-refractivity contribution in [3.63, 3.8) is 0 Å². The van der Waals surface area contributed by atoms with Crippen molar-refractivity contribution in [2.45, 2.75) is 44.8 Å². The first-order chi connectivity index (χ1) is 15.9. The van der Waals surface area contributed by atoms with Gasteiger partial charge in [-0.05, 0) is 60.9 Å². The third-order valence-electron chi connectivity index (χ3n) is 6.32. The number of aliphatic carboxylic acids is 1. The molecule has 2 N–H and O–H groups in total. The Hall–Kier alpha value is -3.18. The van der Waals surface area contributed by atoms with Gasteiger partial charge in [0, 0.05) is 28.6 Å². The zero-order valence-corrected chi connectivity index (χ0v) is 19.6. The molecule has 0 amide bonds. The zero-order valence-electron chi connectivity index (χ0n) is 18.8. The summed E-state index contributed by atoms with van der Waals surface area (Å²) in [5.41, 5.74) is 4.16. The Balaban J connectivity index is 1.47. The van der Waals surface area contributed by atoms with Crippen LogP contribution in [0.3, 0.4) is 0 Å². The van der Waals surface area contributed by atoms with E-state index in [-0.39, 0.29) is 17.9 Å². The number of ether oxygens (including phenoxy) is 2. The highest BCUT2D eigenvalue weighted by molar-refractivity contribution is 6.30. The number of nitrogens with one attached hydrogen (secondary N) is 1. The van der Waals surface area contributed by atoms with Crippen molar-refractivity contribution >= 4 is 23.3 Å². The van der Waals surface area contributed by atoms with Crippen LogP contribution in [0.15, 0.2) is 66.7 Å². The summed E-state index contributed by atoms with van der Waals surface area (Å²) in [7, 11) is 0. The minimum Gasteiger partial charge on any atom is -0.494 e. The van der Waals surface area contributed by atoms with Crippen LogP contribution < -0.4 is 14.8 Å². The molecule has 0 saturated carbocycles. The summed E-state index contributed by atoms with van der Waals surface area (Å²) in [5.74, 6) is 0.989. The predicted molar refractivity (Wildman–Crippen MR) is 130 cm³/mol. The second-order valence-electron chi connectivity index (χ2n) is 8.55. The maximum Gasteiger partial charge on any atom is 0.303 e. The number of hydrogen-bond donors (Lipinski definition) is 2. The van der Waals surface area contributed by atoms with Gasteiger partial charge in [-0.1, -0.05) is 48.9 Å². The van der Waals surface area contributed by atoms with E-state index in [4.69, 9.17) is 26.2 Å². The van der Waals surface area contributed by atoms with Gasteiger partial charge in [-0.3, -0.25) is 4.79 Å². The Labute approximate surface area is 199 Å². The normalized spacial score (nSPS) is 18.9. The molecule has 0 bridgehead atoms. The summed E-state index contributed by atoms with van der Waals surface area (Å²) in [6.45, 7) is 5.27. The number of halogens is 1. The zero-order chi connectivity index (χ0) is 23.4. The van der Waals surface area contributed by atoms with E-state index in [2.05, 4.69) is 37.4 Å². The number of hydrogen-bond acceptors (Lipinski definition) is 4. The average molecular weight is 466 g/mol. The Kier molecular flexibility index (Phi) is 6.80. The van der Waals surface area contributed by atoms with Crippen LogP contribution in [0.2, 0.25) is 5.02 Å². The Morgan fingerprint density at radius 3 is 2.48 bits per heavy atom. The molecule has 0 fully saturated rings. The SMILES string of the molecule is CC1c2c(cccc2OCc2ccc(Cl)cc2)NC1(C)c1ccc(OCCCC(=O)O)cc1. The monoisotopic (exact) mass is 465 g/mol. The number of carbonyl (C=O) groups is 1. The molecule has 3 aromatic carbocycles. The lowest BCUT2D eigenvalue weighted by atomic mass is 9.80. The van der Waals surface area contributed by atoms with Gasteiger partial charge in [-0.25, -0.2) is 0 Å². The van der Waals surface area contributed by atoms with Gasteiger partial charge >= 0.3 is 5.97 Å². The summed E-state index contributed by atoms with van der Waals surface area (Å²) in [6.07, 6.45) is 0.597. The molecule has 4 rings (SSSR count). The third-order valence-corrected chi connectivity index (χ3v) is 6.58.